The molecule has 1 aliphatic carbocycles. The van der Waals surface area contributed by atoms with E-state index < -0.39 is 0 Å². The summed E-state index contributed by atoms with van der Waals surface area (Å²) in [5.74, 6) is 10.5. The number of carbonyl (C=O) groups is 1. The molecule has 1 atom stereocenters. The Bertz CT molecular complexity index is 1210. The van der Waals surface area contributed by atoms with Crippen molar-refractivity contribution in [3.8, 4) is 58.8 Å². The molecular formula is C31H28O3. The summed E-state index contributed by atoms with van der Waals surface area (Å²) in [7, 11) is 0. The molecule has 0 fully saturated rings. The Balaban J connectivity index is 1.51. The maximum absolute atomic E-state index is 12.6. The van der Waals surface area contributed by atoms with E-state index in [1.54, 1.807) is 0 Å². The van der Waals surface area contributed by atoms with Gasteiger partial charge in [-0.25, -0.2) is 0 Å². The molecule has 2 aromatic rings. The Morgan fingerprint density at radius 2 is 1.68 bits per heavy atom. The molecule has 2 aromatic carbocycles. The normalized spacial score (nSPS) is 14.1. The van der Waals surface area contributed by atoms with Crippen molar-refractivity contribution >= 4 is 5.97 Å². The number of allylic oxidation sites excluding steroid dienone is 4. The second-order valence-electron chi connectivity index (χ2n) is 8.35. The summed E-state index contributed by atoms with van der Waals surface area (Å²) in [6.07, 6.45) is 16.7. The highest BCUT2D eigenvalue weighted by atomic mass is 16.5. The summed E-state index contributed by atoms with van der Waals surface area (Å²) in [6, 6.07) is 15.1. The third-order valence-electron chi connectivity index (χ3n) is 5.53. The van der Waals surface area contributed by atoms with Gasteiger partial charge in [0, 0.05) is 11.8 Å². The fourth-order valence-corrected chi connectivity index (χ4v) is 3.68. The molecule has 0 aromatic heterocycles. The maximum atomic E-state index is 12.6. The molecule has 0 heterocycles. The Morgan fingerprint density at radius 3 is 2.26 bits per heavy atom. The van der Waals surface area contributed by atoms with Gasteiger partial charge in [-0.3, -0.25) is 4.79 Å². The summed E-state index contributed by atoms with van der Waals surface area (Å²) in [5, 5.41) is 0. The van der Waals surface area contributed by atoms with E-state index in [0.29, 0.717) is 11.5 Å². The van der Waals surface area contributed by atoms with Crippen LogP contribution in [0.4, 0.5) is 0 Å². The van der Waals surface area contributed by atoms with Gasteiger partial charge in [-0.05, 0) is 93.2 Å². The van der Waals surface area contributed by atoms with Crippen molar-refractivity contribution in [1.29, 1.82) is 0 Å². The Labute approximate surface area is 202 Å². The van der Waals surface area contributed by atoms with Crippen molar-refractivity contribution < 1.29 is 14.3 Å². The second-order valence-corrected chi connectivity index (χ2v) is 8.35. The Morgan fingerprint density at radius 1 is 1.00 bits per heavy atom. The van der Waals surface area contributed by atoms with Crippen molar-refractivity contribution in [1.82, 2.24) is 0 Å². The lowest BCUT2D eigenvalue weighted by molar-refractivity contribution is -0.139. The topological polar surface area (TPSA) is 35.5 Å². The average molecular weight is 449 g/mol. The molecule has 0 spiro atoms. The number of hydrogen-bond donors (Lipinski definition) is 0. The molecule has 0 saturated heterocycles. The molecule has 0 aliphatic heterocycles. The standard InChI is InChI=1S/C31H28O3/c1-4-5-6-7-23-33-29-19-15-26(16-20-29)27-17-21-30(22-18-27)34-31(32)28-13-11-25(12-14-28)10-8-9-24(2)3/h1,9,11,15-22,28H,8,10,12-14H2,2-3H3/t28-/m0/s1. The zero-order valence-electron chi connectivity index (χ0n) is 19.7. The molecule has 3 rings (SSSR count). The van der Waals surface area contributed by atoms with Crippen LogP contribution < -0.4 is 9.47 Å². The maximum Gasteiger partial charge on any atom is 0.314 e. The van der Waals surface area contributed by atoms with Crippen LogP contribution in [0.15, 0.2) is 71.8 Å². The molecule has 3 nitrogen and oxygen atoms in total. The van der Waals surface area contributed by atoms with Gasteiger partial charge in [0.15, 0.2) is 0 Å². The minimum atomic E-state index is -0.151. The van der Waals surface area contributed by atoms with E-state index in [1.165, 1.54) is 11.1 Å². The molecule has 1 aliphatic rings. The van der Waals surface area contributed by atoms with Crippen LogP contribution in [-0.4, -0.2) is 5.97 Å². The molecule has 0 N–H and O–H groups in total. The van der Waals surface area contributed by atoms with E-state index in [2.05, 4.69) is 55.8 Å². The van der Waals surface area contributed by atoms with E-state index in [1.807, 2.05) is 48.5 Å². The molecule has 3 heteroatoms. The lowest BCUT2D eigenvalue weighted by Crippen LogP contribution is -2.22. The molecule has 0 unspecified atom stereocenters. The number of hydrogen-bond acceptors (Lipinski definition) is 3. The van der Waals surface area contributed by atoms with Crippen LogP contribution in [0.2, 0.25) is 0 Å². The highest BCUT2D eigenvalue weighted by molar-refractivity contribution is 5.76. The van der Waals surface area contributed by atoms with Crippen molar-refractivity contribution in [2.75, 3.05) is 0 Å². The predicted octanol–water partition coefficient (Wildman–Crippen LogP) is 6.71. The second kappa shape index (κ2) is 12.8. The van der Waals surface area contributed by atoms with Crippen molar-refractivity contribution in [2.45, 2.75) is 46.0 Å². The number of ether oxygens (including phenoxy) is 2. The molecular weight excluding hydrogens is 420 g/mol. The van der Waals surface area contributed by atoms with Gasteiger partial charge in [-0.15, -0.1) is 6.42 Å². The number of rotatable bonds is 7. The summed E-state index contributed by atoms with van der Waals surface area (Å²) >= 11 is 0. The summed E-state index contributed by atoms with van der Waals surface area (Å²) in [4.78, 5) is 12.6. The van der Waals surface area contributed by atoms with Gasteiger partial charge >= 0.3 is 5.97 Å². The largest absolute Gasteiger partial charge is 0.426 e. The zero-order valence-corrected chi connectivity index (χ0v) is 19.7. The first-order valence-electron chi connectivity index (χ1n) is 11.4. The molecule has 0 saturated carbocycles. The average Bonchev–Trinajstić information content (AvgIpc) is 2.85. The van der Waals surface area contributed by atoms with Crippen LogP contribution in [0.3, 0.4) is 0 Å². The van der Waals surface area contributed by atoms with Gasteiger partial charge in [-0.1, -0.05) is 47.6 Å². The van der Waals surface area contributed by atoms with Crippen LogP contribution in [0, 0.1) is 42.1 Å². The van der Waals surface area contributed by atoms with E-state index in [-0.39, 0.29) is 11.9 Å². The smallest absolute Gasteiger partial charge is 0.314 e. The van der Waals surface area contributed by atoms with Gasteiger partial charge in [0.05, 0.1) is 5.92 Å². The summed E-state index contributed by atoms with van der Waals surface area (Å²) in [5.41, 5.74) is 4.83. The zero-order chi connectivity index (χ0) is 24.2. The third kappa shape index (κ3) is 7.78. The first-order chi connectivity index (χ1) is 16.5. The predicted molar refractivity (Wildman–Crippen MR) is 137 cm³/mol. The minimum Gasteiger partial charge on any atom is -0.426 e. The van der Waals surface area contributed by atoms with E-state index in [4.69, 9.17) is 15.9 Å². The third-order valence-corrected chi connectivity index (χ3v) is 5.53. The van der Waals surface area contributed by atoms with Crippen molar-refractivity contribution in [2.24, 2.45) is 5.92 Å². The molecule has 0 amide bonds. The first kappa shape index (κ1) is 24.5. The van der Waals surface area contributed by atoms with Gasteiger partial charge < -0.3 is 9.47 Å². The molecule has 0 radical (unpaired) electrons. The van der Waals surface area contributed by atoms with E-state index in [9.17, 15) is 4.79 Å². The minimum absolute atomic E-state index is 0.0694. The van der Waals surface area contributed by atoms with Crippen LogP contribution in [0.1, 0.15) is 46.0 Å². The fourth-order valence-electron chi connectivity index (χ4n) is 3.68. The van der Waals surface area contributed by atoms with E-state index in [0.717, 1.165) is 43.2 Å². The lowest BCUT2D eigenvalue weighted by Gasteiger charge is -2.20. The van der Waals surface area contributed by atoms with Gasteiger partial charge in [0.1, 0.15) is 17.6 Å². The number of carbonyl (C=O) groups excluding carboxylic acids is 1. The van der Waals surface area contributed by atoms with Crippen LogP contribution in [-0.2, 0) is 4.79 Å². The van der Waals surface area contributed by atoms with Gasteiger partial charge in [0.2, 0.25) is 0 Å². The van der Waals surface area contributed by atoms with Gasteiger partial charge in [0.25, 0.3) is 0 Å². The fraction of sp³-hybridized carbons (Fsp3) is 0.258. The van der Waals surface area contributed by atoms with Crippen LogP contribution in [0.25, 0.3) is 11.1 Å². The van der Waals surface area contributed by atoms with Crippen LogP contribution in [0.5, 0.6) is 11.5 Å². The number of esters is 1. The Hall–Kier alpha value is -4.13. The van der Waals surface area contributed by atoms with Crippen molar-refractivity contribution in [3.05, 3.63) is 71.8 Å². The SMILES string of the molecule is C#CC#CC#COc1ccc(-c2ccc(OC(=O)[C@H]3CC=C(CCC=C(C)C)CC3)cc2)cc1. The number of benzene rings is 2. The summed E-state index contributed by atoms with van der Waals surface area (Å²) < 4.78 is 11.0. The highest BCUT2D eigenvalue weighted by Crippen LogP contribution is 2.29. The van der Waals surface area contributed by atoms with Crippen molar-refractivity contribution in [3.63, 3.8) is 0 Å². The quantitative estimate of drug-likeness (QED) is 0.204. The monoisotopic (exact) mass is 448 g/mol. The van der Waals surface area contributed by atoms with E-state index >= 15 is 0 Å². The molecule has 0 bridgehead atoms. The summed E-state index contributed by atoms with van der Waals surface area (Å²) in [6.45, 7) is 4.24. The highest BCUT2D eigenvalue weighted by Gasteiger charge is 2.23. The Kier molecular flexibility index (Phi) is 9.22. The molecule has 34 heavy (non-hydrogen) atoms. The molecule has 170 valence electrons. The first-order valence-corrected chi connectivity index (χ1v) is 11.4. The van der Waals surface area contributed by atoms with Gasteiger partial charge in [-0.2, -0.15) is 0 Å². The van der Waals surface area contributed by atoms with Crippen LogP contribution >= 0.6 is 0 Å². The number of terminal acetylenes is 1. The lowest BCUT2D eigenvalue weighted by atomic mass is 9.88.